The Kier molecular flexibility index (Phi) is 5.43. The van der Waals surface area contributed by atoms with E-state index < -0.39 is 11.8 Å². The molecule has 9 nitrogen and oxygen atoms in total. The monoisotopic (exact) mass is 415 g/mol. The minimum atomic E-state index is -0.513. The van der Waals surface area contributed by atoms with Crippen molar-refractivity contribution in [1.82, 2.24) is 15.8 Å². The Balaban J connectivity index is 1.33. The van der Waals surface area contributed by atoms with Gasteiger partial charge in [0.2, 0.25) is 11.7 Å². The van der Waals surface area contributed by atoms with Crippen molar-refractivity contribution in [3.8, 4) is 17.2 Å². The molecule has 0 aliphatic carbocycles. The van der Waals surface area contributed by atoms with Crippen molar-refractivity contribution in [2.75, 3.05) is 26.1 Å². The van der Waals surface area contributed by atoms with Gasteiger partial charge < -0.3 is 18.6 Å². The van der Waals surface area contributed by atoms with Crippen LogP contribution in [0.1, 0.15) is 10.4 Å². The van der Waals surface area contributed by atoms with E-state index in [0.717, 1.165) is 17.3 Å². The van der Waals surface area contributed by atoms with Crippen molar-refractivity contribution in [2.45, 2.75) is 5.22 Å². The third-order valence-electron chi connectivity index (χ3n) is 4.01. The summed E-state index contributed by atoms with van der Waals surface area (Å²) in [5.74, 6) is 0.353. The number of fused-ring (bicyclic) bond motifs is 2. The van der Waals surface area contributed by atoms with E-state index in [1.807, 2.05) is 18.2 Å². The Morgan fingerprint density at radius 2 is 2.00 bits per heavy atom. The number of para-hydroxylation sites is 2. The number of nitrogens with zero attached hydrogens (tertiary/aromatic N) is 1. The van der Waals surface area contributed by atoms with Crippen LogP contribution in [-0.4, -0.2) is 42.9 Å². The fourth-order valence-electron chi connectivity index (χ4n) is 2.68. The molecule has 4 rings (SSSR count). The summed E-state index contributed by atoms with van der Waals surface area (Å²) in [5.41, 5.74) is 6.36. The van der Waals surface area contributed by atoms with E-state index in [9.17, 15) is 9.59 Å². The fourth-order valence-corrected chi connectivity index (χ4v) is 3.32. The number of carbonyl (C=O) groups is 2. The average Bonchev–Trinajstić information content (AvgIpc) is 3.18. The maximum atomic E-state index is 12.4. The lowest BCUT2D eigenvalue weighted by Gasteiger charge is -2.21. The molecule has 1 aliphatic rings. The van der Waals surface area contributed by atoms with E-state index >= 15 is 0 Å². The van der Waals surface area contributed by atoms with Crippen LogP contribution >= 0.6 is 11.8 Å². The molecule has 0 saturated heterocycles. The second-order valence-electron chi connectivity index (χ2n) is 5.94. The van der Waals surface area contributed by atoms with Crippen molar-refractivity contribution < 1.29 is 28.2 Å². The van der Waals surface area contributed by atoms with Gasteiger partial charge in [-0.3, -0.25) is 20.4 Å². The molecular weight excluding hydrogens is 398 g/mol. The first kappa shape index (κ1) is 18.9. The van der Waals surface area contributed by atoms with E-state index in [4.69, 9.17) is 18.6 Å². The van der Waals surface area contributed by atoms with Crippen LogP contribution in [0.15, 0.2) is 46.0 Å². The zero-order chi connectivity index (χ0) is 20.2. The van der Waals surface area contributed by atoms with Gasteiger partial charge in [0.05, 0.1) is 12.9 Å². The standard InChI is InChI=1S/C19H17N3O6S/c1-25-14-8-11(9-15-17(14)27-7-6-26-15)18(24)22-21-16(23)10-29-19-20-12-4-2-3-5-13(12)28-19/h2-5,8-9H,6-7,10H2,1H3,(H,21,23)(H,22,24). The van der Waals surface area contributed by atoms with E-state index in [2.05, 4.69) is 15.8 Å². The number of rotatable bonds is 5. The summed E-state index contributed by atoms with van der Waals surface area (Å²) in [4.78, 5) is 28.7. The molecule has 1 aromatic heterocycles. The van der Waals surface area contributed by atoms with E-state index in [1.54, 1.807) is 6.07 Å². The highest BCUT2D eigenvalue weighted by Crippen LogP contribution is 2.40. The summed E-state index contributed by atoms with van der Waals surface area (Å²) in [6, 6.07) is 10.4. The number of ether oxygens (including phenoxy) is 3. The Morgan fingerprint density at radius 1 is 1.17 bits per heavy atom. The minimum absolute atomic E-state index is 0.0254. The van der Waals surface area contributed by atoms with Crippen molar-refractivity contribution in [2.24, 2.45) is 0 Å². The lowest BCUT2D eigenvalue weighted by atomic mass is 10.1. The number of amides is 2. The normalized spacial score (nSPS) is 12.4. The summed E-state index contributed by atoms with van der Waals surface area (Å²) in [7, 11) is 1.47. The topological polar surface area (TPSA) is 112 Å². The van der Waals surface area contributed by atoms with Gasteiger partial charge in [-0.1, -0.05) is 23.9 Å². The lowest BCUT2D eigenvalue weighted by molar-refractivity contribution is -0.119. The molecule has 0 fully saturated rings. The van der Waals surface area contributed by atoms with Gasteiger partial charge in [-0.25, -0.2) is 4.98 Å². The van der Waals surface area contributed by atoms with Gasteiger partial charge in [-0.05, 0) is 24.3 Å². The molecule has 29 heavy (non-hydrogen) atoms. The largest absolute Gasteiger partial charge is 0.493 e. The maximum absolute atomic E-state index is 12.4. The predicted octanol–water partition coefficient (Wildman–Crippen LogP) is 2.16. The Labute approximate surface area is 169 Å². The molecule has 2 amide bonds. The van der Waals surface area contributed by atoms with Crippen LogP contribution in [-0.2, 0) is 4.79 Å². The average molecular weight is 415 g/mol. The molecule has 0 spiro atoms. The van der Waals surface area contributed by atoms with Crippen LogP contribution in [0.2, 0.25) is 0 Å². The van der Waals surface area contributed by atoms with Crippen LogP contribution in [0.5, 0.6) is 17.2 Å². The molecule has 0 saturated carbocycles. The molecule has 2 heterocycles. The highest BCUT2D eigenvalue weighted by molar-refractivity contribution is 7.99. The number of oxazole rings is 1. The molecule has 0 unspecified atom stereocenters. The fraction of sp³-hybridized carbons (Fsp3) is 0.211. The first-order valence-corrected chi connectivity index (χ1v) is 9.68. The molecular formula is C19H17N3O6S. The summed E-state index contributed by atoms with van der Waals surface area (Å²) < 4.78 is 21.8. The van der Waals surface area contributed by atoms with Gasteiger partial charge in [-0.15, -0.1) is 0 Å². The first-order chi connectivity index (χ1) is 14.1. The van der Waals surface area contributed by atoms with Crippen LogP contribution in [0.25, 0.3) is 11.1 Å². The van der Waals surface area contributed by atoms with Crippen LogP contribution in [0.4, 0.5) is 0 Å². The number of carbonyl (C=O) groups excluding carboxylic acids is 2. The second-order valence-corrected chi connectivity index (χ2v) is 6.87. The van der Waals surface area contributed by atoms with Gasteiger partial charge >= 0.3 is 0 Å². The van der Waals surface area contributed by atoms with Crippen LogP contribution in [0, 0.1) is 0 Å². The molecule has 1 aliphatic heterocycles. The SMILES string of the molecule is COc1cc(C(=O)NNC(=O)CSc2nc3ccccc3o2)cc2c1OCCO2. The Hall–Kier alpha value is -3.40. The number of hydrogen-bond acceptors (Lipinski definition) is 8. The summed E-state index contributed by atoms with van der Waals surface area (Å²) >= 11 is 1.13. The van der Waals surface area contributed by atoms with Gasteiger partial charge in [0.25, 0.3) is 11.1 Å². The van der Waals surface area contributed by atoms with Gasteiger partial charge in [0, 0.05) is 5.56 Å². The third kappa shape index (κ3) is 4.21. The molecule has 150 valence electrons. The number of nitrogens with one attached hydrogen (secondary N) is 2. The van der Waals surface area contributed by atoms with Gasteiger partial charge in [0.1, 0.15) is 18.7 Å². The third-order valence-corrected chi connectivity index (χ3v) is 4.83. The highest BCUT2D eigenvalue weighted by Gasteiger charge is 2.21. The highest BCUT2D eigenvalue weighted by atomic mass is 32.2. The number of benzene rings is 2. The number of aromatic nitrogens is 1. The number of hydrazine groups is 1. The van der Waals surface area contributed by atoms with Crippen molar-refractivity contribution in [3.63, 3.8) is 0 Å². The van der Waals surface area contributed by atoms with Gasteiger partial charge in [0.15, 0.2) is 17.1 Å². The van der Waals surface area contributed by atoms with Crippen LogP contribution < -0.4 is 25.1 Å². The van der Waals surface area contributed by atoms with E-state index in [-0.39, 0.29) is 11.3 Å². The number of hydrogen-bond donors (Lipinski definition) is 2. The minimum Gasteiger partial charge on any atom is -0.493 e. The molecule has 0 atom stereocenters. The van der Waals surface area contributed by atoms with Crippen LogP contribution in [0.3, 0.4) is 0 Å². The zero-order valence-electron chi connectivity index (χ0n) is 15.4. The van der Waals surface area contributed by atoms with E-state index in [1.165, 1.54) is 19.2 Å². The van der Waals surface area contributed by atoms with Crippen molar-refractivity contribution >= 4 is 34.7 Å². The molecule has 0 radical (unpaired) electrons. The zero-order valence-corrected chi connectivity index (χ0v) is 16.2. The Bertz CT molecular complexity index is 1020. The molecule has 3 aromatic rings. The first-order valence-electron chi connectivity index (χ1n) is 8.69. The molecule has 2 N–H and O–H groups in total. The second kappa shape index (κ2) is 8.31. The number of methoxy groups -OCH3 is 1. The number of thioether (sulfide) groups is 1. The van der Waals surface area contributed by atoms with Crippen molar-refractivity contribution in [1.29, 1.82) is 0 Å². The predicted molar refractivity (Wildman–Crippen MR) is 104 cm³/mol. The summed E-state index contributed by atoms with van der Waals surface area (Å²) in [6.45, 7) is 0.785. The molecule has 2 aromatic carbocycles. The Morgan fingerprint density at radius 3 is 2.83 bits per heavy atom. The summed E-state index contributed by atoms with van der Waals surface area (Å²) in [6.07, 6.45) is 0. The quantitative estimate of drug-likeness (QED) is 0.482. The van der Waals surface area contributed by atoms with E-state index in [0.29, 0.717) is 41.3 Å². The van der Waals surface area contributed by atoms with Crippen molar-refractivity contribution in [3.05, 3.63) is 42.0 Å². The maximum Gasteiger partial charge on any atom is 0.269 e. The van der Waals surface area contributed by atoms with Gasteiger partial charge in [-0.2, -0.15) is 0 Å². The molecule has 10 heteroatoms. The lowest BCUT2D eigenvalue weighted by Crippen LogP contribution is -2.42. The smallest absolute Gasteiger partial charge is 0.269 e. The summed E-state index contributed by atoms with van der Waals surface area (Å²) in [5, 5.41) is 0.379. The molecule has 0 bridgehead atoms.